The number of rotatable bonds is 9. The Kier molecular flexibility index (Phi) is 8.20. The number of anilines is 1. The van der Waals surface area contributed by atoms with E-state index in [1.54, 1.807) is 13.4 Å². The van der Waals surface area contributed by atoms with Gasteiger partial charge in [-0.15, -0.1) is 11.3 Å². The molecule has 2 fully saturated rings. The average Bonchev–Trinajstić information content (AvgIpc) is 3.75. The van der Waals surface area contributed by atoms with Crippen LogP contribution in [0.25, 0.3) is 10.2 Å². The molecule has 3 aromatic heterocycles. The molecule has 0 bridgehead atoms. The first-order chi connectivity index (χ1) is 20.0. The summed E-state index contributed by atoms with van der Waals surface area (Å²) in [5.74, 6) is 2.99. The van der Waals surface area contributed by atoms with Gasteiger partial charge in [-0.3, -0.25) is 9.69 Å². The molecule has 9 nitrogen and oxygen atoms in total. The Morgan fingerprint density at radius 1 is 1.10 bits per heavy atom. The molecule has 4 aromatic rings. The highest BCUT2D eigenvalue weighted by molar-refractivity contribution is 7.20. The molecule has 10 heteroatoms. The lowest BCUT2D eigenvalue weighted by Crippen LogP contribution is -2.38. The van der Waals surface area contributed by atoms with Gasteiger partial charge in [0.05, 0.1) is 23.9 Å². The van der Waals surface area contributed by atoms with Gasteiger partial charge in [0, 0.05) is 63.1 Å². The van der Waals surface area contributed by atoms with Gasteiger partial charge >= 0.3 is 0 Å². The molecule has 6 rings (SSSR count). The lowest BCUT2D eigenvalue weighted by atomic mass is 10.0. The van der Waals surface area contributed by atoms with E-state index in [2.05, 4.69) is 54.9 Å². The number of fused-ring (bicyclic) bond motifs is 1. The fourth-order valence-corrected chi connectivity index (χ4v) is 7.29. The minimum atomic E-state index is 0.139. The monoisotopic (exact) mass is 573 g/mol. The van der Waals surface area contributed by atoms with Gasteiger partial charge in [0.25, 0.3) is 5.91 Å². The smallest absolute Gasteiger partial charge is 0.264 e. The molecule has 0 saturated carbocycles. The first kappa shape index (κ1) is 27.7. The maximum absolute atomic E-state index is 13.1. The van der Waals surface area contributed by atoms with E-state index in [-0.39, 0.29) is 5.91 Å². The number of methoxy groups -OCH3 is 1. The molecule has 2 aliphatic rings. The third-order valence-corrected chi connectivity index (χ3v) is 9.64. The van der Waals surface area contributed by atoms with Gasteiger partial charge in [-0.2, -0.15) is 0 Å². The summed E-state index contributed by atoms with van der Waals surface area (Å²) in [6, 6.07) is 6.88. The summed E-state index contributed by atoms with van der Waals surface area (Å²) in [6.45, 7) is 9.57. The number of hydrogen-bond acceptors (Lipinski definition) is 8. The Balaban J connectivity index is 1.10. The highest BCUT2D eigenvalue weighted by Gasteiger charge is 2.27. The Morgan fingerprint density at radius 3 is 2.66 bits per heavy atom. The molecular weight excluding hydrogens is 534 g/mol. The molecule has 0 atom stereocenters. The van der Waals surface area contributed by atoms with Crippen LogP contribution in [-0.2, 0) is 19.5 Å². The van der Waals surface area contributed by atoms with E-state index >= 15 is 0 Å². The minimum absolute atomic E-state index is 0.139. The molecule has 2 saturated heterocycles. The van der Waals surface area contributed by atoms with Crippen LogP contribution in [0.5, 0.6) is 5.75 Å². The maximum atomic E-state index is 13.1. The number of aryl methyl sites for hydroxylation is 2. The van der Waals surface area contributed by atoms with E-state index in [1.807, 2.05) is 24.2 Å². The second kappa shape index (κ2) is 12.2. The minimum Gasteiger partial charge on any atom is -0.496 e. The van der Waals surface area contributed by atoms with Crippen LogP contribution in [0.2, 0.25) is 0 Å². The Bertz CT molecular complexity index is 1520. The number of piperidine rings is 1. The fraction of sp³-hybridized carbons (Fsp3) is 0.484. The van der Waals surface area contributed by atoms with Crippen molar-refractivity contribution in [3.63, 3.8) is 0 Å². The zero-order valence-corrected chi connectivity index (χ0v) is 25.0. The SMILES string of the molecule is CCc1nccn1Cc1cc(CN2CCC(Nc3ncnc4sc(C(=O)N5CCCC5)c(C)c34)CC2)ccc1OC. The van der Waals surface area contributed by atoms with Crippen molar-refractivity contribution in [1.29, 1.82) is 0 Å². The number of benzene rings is 1. The number of nitrogens with one attached hydrogen (secondary N) is 1. The van der Waals surface area contributed by atoms with Crippen LogP contribution in [0.1, 0.15) is 64.8 Å². The largest absolute Gasteiger partial charge is 0.496 e. The van der Waals surface area contributed by atoms with Crippen molar-refractivity contribution in [2.24, 2.45) is 0 Å². The number of imidazole rings is 1. The van der Waals surface area contributed by atoms with Gasteiger partial charge in [-0.05, 0) is 55.9 Å². The molecule has 0 unspecified atom stereocenters. The number of carbonyl (C=O) groups is 1. The Labute approximate surface area is 245 Å². The van der Waals surface area contributed by atoms with E-state index in [9.17, 15) is 4.79 Å². The highest BCUT2D eigenvalue weighted by Crippen LogP contribution is 2.35. The molecule has 5 heterocycles. The molecule has 1 aromatic carbocycles. The molecule has 0 spiro atoms. The van der Waals surface area contributed by atoms with Crippen LogP contribution in [0, 0.1) is 6.92 Å². The van der Waals surface area contributed by atoms with Gasteiger partial charge < -0.3 is 19.5 Å². The van der Waals surface area contributed by atoms with Crippen LogP contribution in [0.4, 0.5) is 5.82 Å². The zero-order chi connectivity index (χ0) is 28.3. The molecular formula is C31H39N7O2S. The predicted octanol–water partition coefficient (Wildman–Crippen LogP) is 5.13. The fourth-order valence-electron chi connectivity index (χ4n) is 6.17. The number of aromatic nitrogens is 4. The molecule has 1 amide bonds. The topological polar surface area (TPSA) is 88.4 Å². The van der Waals surface area contributed by atoms with E-state index in [1.165, 1.54) is 22.5 Å². The number of amides is 1. The van der Waals surface area contributed by atoms with Crippen LogP contribution < -0.4 is 10.1 Å². The van der Waals surface area contributed by atoms with E-state index < -0.39 is 0 Å². The van der Waals surface area contributed by atoms with E-state index in [4.69, 9.17) is 4.74 Å². The summed E-state index contributed by atoms with van der Waals surface area (Å²) >= 11 is 1.50. The first-order valence-corrected chi connectivity index (χ1v) is 15.5. The van der Waals surface area contributed by atoms with Gasteiger partial charge in [0.1, 0.15) is 28.5 Å². The summed E-state index contributed by atoms with van der Waals surface area (Å²) in [7, 11) is 1.74. The van der Waals surface area contributed by atoms with Gasteiger partial charge in [0.15, 0.2) is 0 Å². The highest BCUT2D eigenvalue weighted by atomic mass is 32.1. The number of hydrogen-bond donors (Lipinski definition) is 1. The molecule has 216 valence electrons. The second-order valence-corrected chi connectivity index (χ2v) is 12.1. The van der Waals surface area contributed by atoms with Crippen LogP contribution >= 0.6 is 11.3 Å². The molecule has 0 aliphatic carbocycles. The van der Waals surface area contributed by atoms with E-state index in [0.29, 0.717) is 6.04 Å². The Morgan fingerprint density at radius 2 is 1.90 bits per heavy atom. The molecule has 41 heavy (non-hydrogen) atoms. The standard InChI is InChI=1S/C31H39N7O2S/c1-4-26-32-11-16-38(26)19-23-17-22(7-8-25(23)40-3)18-36-14-9-24(10-15-36)35-29-27-21(2)28(41-30(27)34-20-33-29)31(39)37-12-5-6-13-37/h7-8,11,16-17,20,24H,4-6,9-10,12-15,18-19H2,1-3H3,(H,33,34,35). The summed E-state index contributed by atoms with van der Waals surface area (Å²) < 4.78 is 7.87. The van der Waals surface area contributed by atoms with Crippen molar-refractivity contribution in [3.8, 4) is 5.75 Å². The van der Waals surface area contributed by atoms with Gasteiger partial charge in [-0.1, -0.05) is 13.0 Å². The first-order valence-electron chi connectivity index (χ1n) is 14.7. The van der Waals surface area contributed by atoms with Crippen molar-refractivity contribution in [2.45, 2.75) is 65.1 Å². The van der Waals surface area contributed by atoms with Gasteiger partial charge in [0.2, 0.25) is 0 Å². The quantitative estimate of drug-likeness (QED) is 0.297. The van der Waals surface area contributed by atoms with Crippen LogP contribution in [-0.4, -0.2) is 74.6 Å². The number of ether oxygens (including phenoxy) is 1. The second-order valence-electron chi connectivity index (χ2n) is 11.1. The normalized spacial score (nSPS) is 16.5. The summed E-state index contributed by atoms with van der Waals surface area (Å²) in [5.41, 5.74) is 3.47. The lowest BCUT2D eigenvalue weighted by molar-refractivity contribution is 0.0797. The van der Waals surface area contributed by atoms with Crippen molar-refractivity contribution in [1.82, 2.24) is 29.3 Å². The molecule has 2 aliphatic heterocycles. The van der Waals surface area contributed by atoms with Gasteiger partial charge in [-0.25, -0.2) is 15.0 Å². The zero-order valence-electron chi connectivity index (χ0n) is 24.2. The van der Waals surface area contributed by atoms with Crippen molar-refractivity contribution in [3.05, 3.63) is 64.3 Å². The predicted molar refractivity (Wildman–Crippen MR) is 163 cm³/mol. The Hall–Kier alpha value is -3.50. The number of carbonyl (C=O) groups excluding carboxylic acids is 1. The van der Waals surface area contributed by atoms with Crippen molar-refractivity contribution >= 4 is 33.3 Å². The van der Waals surface area contributed by atoms with E-state index in [0.717, 1.165) is 109 Å². The number of likely N-dealkylation sites (tertiary alicyclic amines) is 2. The summed E-state index contributed by atoms with van der Waals surface area (Å²) in [5, 5.41) is 4.71. The molecule has 1 N–H and O–H groups in total. The number of nitrogens with zero attached hydrogens (tertiary/aromatic N) is 6. The maximum Gasteiger partial charge on any atom is 0.264 e. The number of thiophene rings is 1. The molecule has 0 radical (unpaired) electrons. The average molecular weight is 574 g/mol. The summed E-state index contributed by atoms with van der Waals surface area (Å²) in [6.07, 6.45) is 10.7. The lowest BCUT2D eigenvalue weighted by Gasteiger charge is -2.33. The van der Waals surface area contributed by atoms with Crippen LogP contribution in [0.15, 0.2) is 36.9 Å². The van der Waals surface area contributed by atoms with Crippen LogP contribution in [0.3, 0.4) is 0 Å². The third kappa shape index (κ3) is 5.81. The third-order valence-electron chi connectivity index (χ3n) is 8.45. The van der Waals surface area contributed by atoms with Crippen molar-refractivity contribution in [2.75, 3.05) is 38.6 Å². The van der Waals surface area contributed by atoms with Crippen molar-refractivity contribution < 1.29 is 9.53 Å². The summed E-state index contributed by atoms with van der Waals surface area (Å²) in [4.78, 5) is 32.9.